The molecule has 3 heteroatoms. The van der Waals surface area contributed by atoms with Gasteiger partial charge in [-0.15, -0.1) is 0 Å². The quantitative estimate of drug-likeness (QED) is 0.270. The van der Waals surface area contributed by atoms with Crippen LogP contribution in [-0.2, 0) is 4.79 Å². The van der Waals surface area contributed by atoms with E-state index in [9.17, 15) is 4.79 Å². The summed E-state index contributed by atoms with van der Waals surface area (Å²) in [7, 11) is 0. The van der Waals surface area contributed by atoms with Crippen LogP contribution in [0.2, 0.25) is 0 Å². The minimum atomic E-state index is 0.0221. The van der Waals surface area contributed by atoms with Crippen molar-refractivity contribution >= 4 is 5.91 Å². The zero-order valence-electron chi connectivity index (χ0n) is 16.2. The lowest BCUT2D eigenvalue weighted by atomic mass is 10.1. The van der Waals surface area contributed by atoms with Crippen molar-refractivity contribution in [2.75, 3.05) is 13.2 Å². The highest BCUT2D eigenvalue weighted by Crippen LogP contribution is 2.10. The van der Waals surface area contributed by atoms with Gasteiger partial charge in [-0.2, -0.15) is 0 Å². The van der Waals surface area contributed by atoms with Gasteiger partial charge >= 0.3 is 0 Å². The predicted molar refractivity (Wildman–Crippen MR) is 109 cm³/mol. The molecule has 1 amide bonds. The van der Waals surface area contributed by atoms with Gasteiger partial charge in [-0.05, 0) is 38.5 Å². The number of carbonyl (C=O) groups is 1. The molecule has 0 saturated heterocycles. The van der Waals surface area contributed by atoms with Crippen LogP contribution < -0.4 is 5.32 Å². The van der Waals surface area contributed by atoms with Crippen molar-refractivity contribution in [1.29, 1.82) is 0 Å². The fourth-order valence-electron chi connectivity index (χ4n) is 2.54. The fourth-order valence-corrected chi connectivity index (χ4v) is 2.54. The van der Waals surface area contributed by atoms with Gasteiger partial charge in [0, 0.05) is 13.0 Å². The van der Waals surface area contributed by atoms with E-state index in [1.54, 1.807) is 0 Å². The maximum absolute atomic E-state index is 11.3. The second-order valence-corrected chi connectivity index (χ2v) is 6.38. The smallest absolute Gasteiger partial charge is 0.220 e. The predicted octanol–water partition coefficient (Wildman–Crippen LogP) is 5.46. The molecule has 0 rings (SSSR count). The molecule has 3 nitrogen and oxygen atoms in total. The Kier molecular flexibility index (Phi) is 19.6. The van der Waals surface area contributed by atoms with Crippen LogP contribution in [-0.4, -0.2) is 24.2 Å². The summed E-state index contributed by atoms with van der Waals surface area (Å²) in [5, 5.41) is 11.3. The van der Waals surface area contributed by atoms with Crippen LogP contribution >= 0.6 is 0 Å². The zero-order valence-corrected chi connectivity index (χ0v) is 16.2. The first-order valence-electron chi connectivity index (χ1n) is 10.1. The Labute approximate surface area is 155 Å². The number of amides is 1. The number of hydrogen-bond acceptors (Lipinski definition) is 2. The lowest BCUT2D eigenvalue weighted by Gasteiger charge is -2.03. The number of allylic oxidation sites excluding steroid dienone is 6. The molecule has 0 aromatic carbocycles. The van der Waals surface area contributed by atoms with Crippen LogP contribution in [0.5, 0.6) is 0 Å². The molecule has 0 unspecified atom stereocenters. The number of nitrogens with one attached hydrogen (secondary N) is 1. The molecule has 2 N–H and O–H groups in total. The first-order valence-corrected chi connectivity index (χ1v) is 10.1. The van der Waals surface area contributed by atoms with E-state index in [2.05, 4.69) is 48.7 Å². The number of aliphatic hydroxyl groups is 1. The van der Waals surface area contributed by atoms with Crippen LogP contribution in [0.25, 0.3) is 0 Å². The first-order chi connectivity index (χ1) is 12.3. The van der Waals surface area contributed by atoms with Gasteiger partial charge in [-0.3, -0.25) is 4.79 Å². The highest BCUT2D eigenvalue weighted by Gasteiger charge is 1.99. The van der Waals surface area contributed by atoms with E-state index in [-0.39, 0.29) is 12.5 Å². The molecule has 0 fully saturated rings. The standard InChI is InChI=1S/C22H39NO2/c1-2-3-4-5-6-7-8-9-10-11-12-13-14-15-16-17-18-19-22(25)23-20-21-24/h3-4,6-7,9-10,24H,2,5,8,11-21H2,1H3,(H,23,25)/b4-3-,7-6-,10-9-. The van der Waals surface area contributed by atoms with Crippen molar-refractivity contribution in [3.05, 3.63) is 36.5 Å². The van der Waals surface area contributed by atoms with Crippen molar-refractivity contribution in [1.82, 2.24) is 5.32 Å². The third-order valence-electron chi connectivity index (χ3n) is 3.99. The van der Waals surface area contributed by atoms with Crippen LogP contribution in [0.15, 0.2) is 36.5 Å². The number of carbonyl (C=O) groups excluding carboxylic acids is 1. The Bertz CT molecular complexity index is 372. The molecule has 0 aliphatic rings. The van der Waals surface area contributed by atoms with Crippen LogP contribution in [0, 0.1) is 0 Å². The highest BCUT2D eigenvalue weighted by atomic mass is 16.3. The third-order valence-corrected chi connectivity index (χ3v) is 3.99. The topological polar surface area (TPSA) is 49.3 Å². The van der Waals surface area contributed by atoms with Gasteiger partial charge in [0.25, 0.3) is 0 Å². The number of unbranched alkanes of at least 4 members (excludes halogenated alkanes) is 7. The van der Waals surface area contributed by atoms with Crippen LogP contribution in [0.4, 0.5) is 0 Å². The summed E-state index contributed by atoms with van der Waals surface area (Å²) in [6, 6.07) is 0. The molecular formula is C22H39NO2. The van der Waals surface area contributed by atoms with E-state index in [4.69, 9.17) is 5.11 Å². The Hall–Kier alpha value is -1.35. The van der Waals surface area contributed by atoms with E-state index in [0.29, 0.717) is 13.0 Å². The van der Waals surface area contributed by atoms with E-state index < -0.39 is 0 Å². The third kappa shape index (κ3) is 20.6. The van der Waals surface area contributed by atoms with Crippen molar-refractivity contribution in [2.45, 2.75) is 84.0 Å². The summed E-state index contributed by atoms with van der Waals surface area (Å²) in [6.45, 7) is 2.56. The van der Waals surface area contributed by atoms with E-state index >= 15 is 0 Å². The maximum Gasteiger partial charge on any atom is 0.220 e. The average molecular weight is 350 g/mol. The minimum absolute atomic E-state index is 0.0221. The molecule has 25 heavy (non-hydrogen) atoms. The normalized spacial score (nSPS) is 11.9. The molecule has 0 atom stereocenters. The monoisotopic (exact) mass is 349 g/mol. The van der Waals surface area contributed by atoms with Crippen molar-refractivity contribution in [2.24, 2.45) is 0 Å². The summed E-state index contributed by atoms with van der Waals surface area (Å²) in [4.78, 5) is 11.3. The Morgan fingerprint density at radius 3 is 2.00 bits per heavy atom. The van der Waals surface area contributed by atoms with Gasteiger partial charge in [-0.25, -0.2) is 0 Å². The van der Waals surface area contributed by atoms with E-state index in [0.717, 1.165) is 32.1 Å². The van der Waals surface area contributed by atoms with Crippen LogP contribution in [0.1, 0.15) is 84.0 Å². The molecule has 0 radical (unpaired) electrons. The Balaban J connectivity index is 3.24. The molecule has 0 bridgehead atoms. The van der Waals surface area contributed by atoms with E-state index in [1.807, 2.05) is 0 Å². The Morgan fingerprint density at radius 1 is 0.800 bits per heavy atom. The largest absolute Gasteiger partial charge is 0.395 e. The van der Waals surface area contributed by atoms with Crippen molar-refractivity contribution in [3.8, 4) is 0 Å². The molecule has 0 aromatic rings. The summed E-state index contributed by atoms with van der Waals surface area (Å²) in [5.41, 5.74) is 0. The summed E-state index contributed by atoms with van der Waals surface area (Å²) in [6.07, 6.45) is 26.9. The lowest BCUT2D eigenvalue weighted by molar-refractivity contribution is -0.121. The fraction of sp³-hybridized carbons (Fsp3) is 0.682. The Morgan fingerprint density at radius 2 is 1.36 bits per heavy atom. The first kappa shape index (κ1) is 23.6. The van der Waals surface area contributed by atoms with Gasteiger partial charge < -0.3 is 10.4 Å². The van der Waals surface area contributed by atoms with Gasteiger partial charge in [0.2, 0.25) is 5.91 Å². The maximum atomic E-state index is 11.3. The number of aliphatic hydroxyl groups excluding tert-OH is 1. The lowest BCUT2D eigenvalue weighted by Crippen LogP contribution is -2.25. The molecular weight excluding hydrogens is 310 g/mol. The highest BCUT2D eigenvalue weighted by molar-refractivity contribution is 5.75. The summed E-state index contributed by atoms with van der Waals surface area (Å²) < 4.78 is 0. The molecule has 0 aliphatic carbocycles. The second kappa shape index (κ2) is 20.7. The number of hydrogen-bond donors (Lipinski definition) is 2. The summed E-state index contributed by atoms with van der Waals surface area (Å²) in [5.74, 6) is 0.0631. The number of rotatable bonds is 17. The molecule has 0 heterocycles. The minimum Gasteiger partial charge on any atom is -0.395 e. The van der Waals surface area contributed by atoms with Gasteiger partial charge in [0.1, 0.15) is 0 Å². The van der Waals surface area contributed by atoms with Gasteiger partial charge in [0.05, 0.1) is 6.61 Å². The molecule has 0 saturated carbocycles. The van der Waals surface area contributed by atoms with Gasteiger partial charge in [0.15, 0.2) is 0 Å². The van der Waals surface area contributed by atoms with Crippen molar-refractivity contribution in [3.63, 3.8) is 0 Å². The zero-order chi connectivity index (χ0) is 18.4. The molecule has 0 aromatic heterocycles. The van der Waals surface area contributed by atoms with Gasteiger partial charge in [-0.1, -0.05) is 75.5 Å². The average Bonchev–Trinajstić information content (AvgIpc) is 2.62. The second-order valence-electron chi connectivity index (χ2n) is 6.38. The van der Waals surface area contributed by atoms with E-state index in [1.165, 1.54) is 38.5 Å². The summed E-state index contributed by atoms with van der Waals surface area (Å²) >= 11 is 0. The molecule has 0 spiro atoms. The molecule has 0 aliphatic heterocycles. The molecule has 144 valence electrons. The van der Waals surface area contributed by atoms with Crippen LogP contribution in [0.3, 0.4) is 0 Å². The SMILES string of the molecule is CC/C=C\C/C=C\C/C=C\CCCCCCCCCC(=O)NCCO. The van der Waals surface area contributed by atoms with Crippen molar-refractivity contribution < 1.29 is 9.90 Å².